The molecule has 5 heteroatoms. The molecule has 0 unspecified atom stereocenters. The van der Waals surface area contributed by atoms with E-state index in [9.17, 15) is 4.79 Å². The molecule has 0 aliphatic carbocycles. The number of aromatic nitrogens is 2. The first-order valence-corrected chi connectivity index (χ1v) is 9.80. The summed E-state index contributed by atoms with van der Waals surface area (Å²) in [6.45, 7) is 6.44. The van der Waals surface area contributed by atoms with Crippen LogP contribution >= 0.6 is 22.6 Å². The van der Waals surface area contributed by atoms with Crippen LogP contribution in [0.2, 0.25) is 0 Å². The predicted octanol–water partition coefficient (Wildman–Crippen LogP) is 5.45. The molecule has 0 aliphatic rings. The number of rotatable bonds is 6. The number of ketones is 1. The highest BCUT2D eigenvalue weighted by molar-refractivity contribution is 14.1. The normalized spacial score (nSPS) is 11.1. The molecular formula is C21H21IN2O2. The first-order valence-electron chi connectivity index (χ1n) is 8.72. The molecule has 3 aromatic rings. The van der Waals surface area contributed by atoms with Crippen LogP contribution < -0.4 is 0 Å². The van der Waals surface area contributed by atoms with Crippen molar-refractivity contribution in [3.63, 3.8) is 0 Å². The van der Waals surface area contributed by atoms with Crippen LogP contribution in [0.1, 0.15) is 54.0 Å². The van der Waals surface area contributed by atoms with Crippen LogP contribution in [0.15, 0.2) is 47.0 Å². The highest BCUT2D eigenvalue weighted by atomic mass is 127. The Balaban J connectivity index is 1.85. The predicted molar refractivity (Wildman–Crippen MR) is 110 cm³/mol. The van der Waals surface area contributed by atoms with E-state index in [1.54, 1.807) is 0 Å². The Hall–Kier alpha value is -2.02. The van der Waals surface area contributed by atoms with Crippen molar-refractivity contribution in [3.05, 3.63) is 68.5 Å². The largest absolute Gasteiger partial charge is 0.334 e. The minimum Gasteiger partial charge on any atom is -0.334 e. The van der Waals surface area contributed by atoms with Crippen molar-refractivity contribution in [2.24, 2.45) is 0 Å². The van der Waals surface area contributed by atoms with Gasteiger partial charge in [-0.05, 0) is 64.3 Å². The molecule has 0 bridgehead atoms. The summed E-state index contributed by atoms with van der Waals surface area (Å²) in [5, 5.41) is 4.01. The minimum atomic E-state index is -0.0127. The third kappa shape index (κ3) is 4.20. The standard InChI is InChI=1S/C21H21IN2O2/c1-4-14-8-9-17(18(10-14)13(2)3)21-23-20(24-26-21)12-19(25)15-6-5-7-16(22)11-15/h5-11,13H,4,12H2,1-3H3. The molecule has 0 saturated heterocycles. The Morgan fingerprint density at radius 2 is 2.00 bits per heavy atom. The van der Waals surface area contributed by atoms with Gasteiger partial charge in [-0.2, -0.15) is 4.98 Å². The Labute approximate surface area is 167 Å². The van der Waals surface area contributed by atoms with E-state index in [1.807, 2.05) is 30.3 Å². The van der Waals surface area contributed by atoms with E-state index in [-0.39, 0.29) is 12.2 Å². The summed E-state index contributed by atoms with van der Waals surface area (Å²) in [5.74, 6) is 1.22. The van der Waals surface area contributed by atoms with Gasteiger partial charge in [0.25, 0.3) is 5.89 Å². The highest BCUT2D eigenvalue weighted by Gasteiger charge is 2.17. The van der Waals surface area contributed by atoms with E-state index in [0.29, 0.717) is 23.2 Å². The molecule has 0 radical (unpaired) electrons. The molecule has 0 spiro atoms. The average Bonchev–Trinajstić information content (AvgIpc) is 3.09. The molecule has 0 saturated carbocycles. The lowest BCUT2D eigenvalue weighted by atomic mass is 9.94. The number of aryl methyl sites for hydroxylation is 1. The van der Waals surface area contributed by atoms with E-state index in [2.05, 4.69) is 65.6 Å². The van der Waals surface area contributed by atoms with Gasteiger partial charge >= 0.3 is 0 Å². The van der Waals surface area contributed by atoms with Crippen molar-refractivity contribution in [1.29, 1.82) is 0 Å². The van der Waals surface area contributed by atoms with Gasteiger partial charge in [0.2, 0.25) is 0 Å². The number of carbonyl (C=O) groups is 1. The molecule has 1 aromatic heterocycles. The Morgan fingerprint density at radius 3 is 2.69 bits per heavy atom. The molecular weight excluding hydrogens is 439 g/mol. The van der Waals surface area contributed by atoms with Crippen molar-refractivity contribution in [2.45, 2.75) is 39.5 Å². The first-order chi connectivity index (χ1) is 12.5. The Bertz CT molecular complexity index is 931. The summed E-state index contributed by atoms with van der Waals surface area (Å²) in [5.41, 5.74) is 4.07. The van der Waals surface area contributed by atoms with Gasteiger partial charge in [-0.15, -0.1) is 0 Å². The van der Waals surface area contributed by atoms with Crippen LogP contribution in [0.5, 0.6) is 0 Å². The van der Waals surface area contributed by atoms with Gasteiger partial charge in [0.1, 0.15) is 0 Å². The number of Topliss-reactive ketones (excluding diaryl/α,β-unsaturated/α-hetero) is 1. The monoisotopic (exact) mass is 460 g/mol. The number of hydrogen-bond donors (Lipinski definition) is 0. The summed E-state index contributed by atoms with van der Waals surface area (Å²) < 4.78 is 6.49. The maximum Gasteiger partial charge on any atom is 0.258 e. The van der Waals surface area contributed by atoms with Crippen LogP contribution in [-0.2, 0) is 12.8 Å². The fourth-order valence-corrected chi connectivity index (χ4v) is 3.39. The van der Waals surface area contributed by atoms with Crippen LogP contribution in [0.4, 0.5) is 0 Å². The number of benzene rings is 2. The average molecular weight is 460 g/mol. The van der Waals surface area contributed by atoms with E-state index < -0.39 is 0 Å². The highest BCUT2D eigenvalue weighted by Crippen LogP contribution is 2.29. The number of carbonyl (C=O) groups excluding carboxylic acids is 1. The van der Waals surface area contributed by atoms with E-state index in [0.717, 1.165) is 15.6 Å². The van der Waals surface area contributed by atoms with Crippen molar-refractivity contribution in [3.8, 4) is 11.5 Å². The Morgan fingerprint density at radius 1 is 1.19 bits per heavy atom. The molecule has 0 fully saturated rings. The van der Waals surface area contributed by atoms with Gasteiger partial charge in [-0.3, -0.25) is 4.79 Å². The molecule has 26 heavy (non-hydrogen) atoms. The zero-order valence-electron chi connectivity index (χ0n) is 15.1. The van der Waals surface area contributed by atoms with Crippen LogP contribution in [0.25, 0.3) is 11.5 Å². The zero-order valence-corrected chi connectivity index (χ0v) is 17.3. The third-order valence-electron chi connectivity index (χ3n) is 4.31. The van der Waals surface area contributed by atoms with Crippen LogP contribution in [-0.4, -0.2) is 15.9 Å². The molecule has 2 aromatic carbocycles. The lowest BCUT2D eigenvalue weighted by molar-refractivity contribution is 0.0990. The maximum absolute atomic E-state index is 12.4. The lowest BCUT2D eigenvalue weighted by Crippen LogP contribution is -2.05. The molecule has 0 amide bonds. The van der Waals surface area contributed by atoms with E-state index in [4.69, 9.17) is 4.52 Å². The second kappa shape index (κ2) is 8.12. The van der Waals surface area contributed by atoms with Crippen LogP contribution in [0, 0.1) is 3.57 Å². The molecule has 134 valence electrons. The minimum absolute atomic E-state index is 0.0127. The summed E-state index contributed by atoms with van der Waals surface area (Å²) >= 11 is 2.19. The maximum atomic E-state index is 12.4. The van der Waals surface area contributed by atoms with E-state index in [1.165, 1.54) is 11.1 Å². The topological polar surface area (TPSA) is 56.0 Å². The number of nitrogens with zero attached hydrogens (tertiary/aromatic N) is 2. The second-order valence-corrected chi connectivity index (χ2v) is 7.80. The molecule has 0 atom stereocenters. The van der Waals surface area contributed by atoms with Gasteiger partial charge in [-0.1, -0.05) is 50.2 Å². The summed E-state index contributed by atoms with van der Waals surface area (Å²) in [4.78, 5) is 16.9. The fourth-order valence-electron chi connectivity index (χ4n) is 2.85. The SMILES string of the molecule is CCc1ccc(-c2nc(CC(=O)c3cccc(I)c3)no2)c(C(C)C)c1. The summed E-state index contributed by atoms with van der Waals surface area (Å²) in [6, 6.07) is 13.8. The summed E-state index contributed by atoms with van der Waals surface area (Å²) in [6.07, 6.45) is 1.12. The molecule has 0 N–H and O–H groups in total. The fraction of sp³-hybridized carbons (Fsp3) is 0.286. The number of halogens is 1. The van der Waals surface area contributed by atoms with Gasteiger partial charge in [0.15, 0.2) is 11.6 Å². The van der Waals surface area contributed by atoms with E-state index >= 15 is 0 Å². The van der Waals surface area contributed by atoms with Crippen LogP contribution in [0.3, 0.4) is 0 Å². The lowest BCUT2D eigenvalue weighted by Gasteiger charge is -2.11. The van der Waals surface area contributed by atoms with Crippen molar-refractivity contribution in [2.75, 3.05) is 0 Å². The van der Waals surface area contributed by atoms with Crippen molar-refractivity contribution >= 4 is 28.4 Å². The van der Waals surface area contributed by atoms with Crippen molar-refractivity contribution in [1.82, 2.24) is 10.1 Å². The molecule has 0 aliphatic heterocycles. The number of hydrogen-bond acceptors (Lipinski definition) is 4. The van der Waals surface area contributed by atoms with Gasteiger partial charge in [-0.25, -0.2) is 0 Å². The second-order valence-electron chi connectivity index (χ2n) is 6.56. The smallest absolute Gasteiger partial charge is 0.258 e. The summed E-state index contributed by atoms with van der Waals surface area (Å²) in [7, 11) is 0. The van der Waals surface area contributed by atoms with Gasteiger partial charge in [0.05, 0.1) is 6.42 Å². The Kier molecular flexibility index (Phi) is 5.86. The molecule has 1 heterocycles. The first kappa shape index (κ1) is 18.8. The van der Waals surface area contributed by atoms with Gasteiger partial charge < -0.3 is 4.52 Å². The molecule has 4 nitrogen and oxygen atoms in total. The molecule has 3 rings (SSSR count). The quantitative estimate of drug-likeness (QED) is 0.363. The third-order valence-corrected chi connectivity index (χ3v) is 4.98. The van der Waals surface area contributed by atoms with Gasteiger partial charge in [0, 0.05) is 14.7 Å². The van der Waals surface area contributed by atoms with Crippen molar-refractivity contribution < 1.29 is 9.32 Å². The zero-order chi connectivity index (χ0) is 18.7.